The highest BCUT2D eigenvalue weighted by Crippen LogP contribution is 2.23. The number of thiazole rings is 1. The zero-order valence-corrected chi connectivity index (χ0v) is 16.6. The van der Waals surface area contributed by atoms with Gasteiger partial charge in [-0.1, -0.05) is 0 Å². The standard InChI is InChI=1S/C19H26N4O2S/c1-12-5-16(6-13(2)21-12)7-17-9-23(14(3)11-25-17)10-18-8-20-19(26-18)22-15(4)24/h5-6,8,14,17H,7,9-11H2,1-4H3,(H,20,22,24)/t14-,17+/m0/s1. The van der Waals surface area contributed by atoms with Crippen LogP contribution in [-0.4, -0.2) is 46.1 Å². The molecule has 1 saturated heterocycles. The van der Waals surface area contributed by atoms with Gasteiger partial charge in [0.2, 0.25) is 5.91 Å². The van der Waals surface area contributed by atoms with Crippen molar-refractivity contribution >= 4 is 22.4 Å². The van der Waals surface area contributed by atoms with Crippen LogP contribution in [0.1, 0.15) is 35.7 Å². The molecular formula is C19H26N4O2S. The topological polar surface area (TPSA) is 67.4 Å². The Balaban J connectivity index is 1.62. The summed E-state index contributed by atoms with van der Waals surface area (Å²) in [6.07, 6.45) is 2.92. The van der Waals surface area contributed by atoms with Gasteiger partial charge in [0.25, 0.3) is 0 Å². The summed E-state index contributed by atoms with van der Waals surface area (Å²) in [6.45, 7) is 10.2. The number of carbonyl (C=O) groups is 1. The van der Waals surface area contributed by atoms with Gasteiger partial charge in [-0.3, -0.25) is 14.7 Å². The van der Waals surface area contributed by atoms with Crippen molar-refractivity contribution in [1.82, 2.24) is 14.9 Å². The van der Waals surface area contributed by atoms with E-state index in [0.29, 0.717) is 11.2 Å². The van der Waals surface area contributed by atoms with Gasteiger partial charge in [-0.05, 0) is 38.5 Å². The molecule has 26 heavy (non-hydrogen) atoms. The number of rotatable bonds is 5. The second-order valence-electron chi connectivity index (χ2n) is 7.01. The van der Waals surface area contributed by atoms with E-state index in [2.05, 4.69) is 39.2 Å². The molecule has 2 atom stereocenters. The lowest BCUT2D eigenvalue weighted by atomic mass is 10.0. The van der Waals surface area contributed by atoms with Crippen LogP contribution in [0.15, 0.2) is 18.3 Å². The molecule has 0 unspecified atom stereocenters. The summed E-state index contributed by atoms with van der Waals surface area (Å²) in [7, 11) is 0. The Morgan fingerprint density at radius 3 is 2.81 bits per heavy atom. The van der Waals surface area contributed by atoms with Crippen molar-refractivity contribution in [2.24, 2.45) is 0 Å². The van der Waals surface area contributed by atoms with Crippen LogP contribution in [0.5, 0.6) is 0 Å². The van der Waals surface area contributed by atoms with Gasteiger partial charge in [0, 0.05) is 54.9 Å². The predicted molar refractivity (Wildman–Crippen MR) is 103 cm³/mol. The van der Waals surface area contributed by atoms with Crippen LogP contribution in [0.25, 0.3) is 0 Å². The number of nitrogens with zero attached hydrogens (tertiary/aromatic N) is 3. The van der Waals surface area contributed by atoms with Gasteiger partial charge in [0.05, 0.1) is 12.7 Å². The fourth-order valence-corrected chi connectivity index (χ4v) is 4.19. The van der Waals surface area contributed by atoms with Gasteiger partial charge < -0.3 is 10.1 Å². The second-order valence-corrected chi connectivity index (χ2v) is 8.12. The number of hydrogen-bond acceptors (Lipinski definition) is 6. The number of nitrogens with one attached hydrogen (secondary N) is 1. The summed E-state index contributed by atoms with van der Waals surface area (Å²) >= 11 is 1.53. The summed E-state index contributed by atoms with van der Waals surface area (Å²) in [5, 5.41) is 3.40. The molecule has 0 aromatic carbocycles. The van der Waals surface area contributed by atoms with E-state index >= 15 is 0 Å². The number of pyridine rings is 1. The maximum atomic E-state index is 11.2. The highest BCUT2D eigenvalue weighted by atomic mass is 32.1. The Morgan fingerprint density at radius 2 is 2.12 bits per heavy atom. The molecule has 1 fully saturated rings. The van der Waals surface area contributed by atoms with E-state index in [1.54, 1.807) is 0 Å². The fourth-order valence-electron chi connectivity index (χ4n) is 3.31. The first-order valence-electron chi connectivity index (χ1n) is 8.91. The molecule has 3 rings (SSSR count). The maximum Gasteiger partial charge on any atom is 0.223 e. The number of aromatic nitrogens is 2. The molecule has 0 aliphatic carbocycles. The zero-order chi connectivity index (χ0) is 18.7. The fraction of sp³-hybridized carbons (Fsp3) is 0.526. The molecule has 1 aliphatic heterocycles. The van der Waals surface area contributed by atoms with Crippen LogP contribution in [0.3, 0.4) is 0 Å². The Kier molecular flexibility index (Phi) is 6.01. The number of ether oxygens (including phenoxy) is 1. The first-order valence-corrected chi connectivity index (χ1v) is 9.73. The number of hydrogen-bond donors (Lipinski definition) is 1. The summed E-state index contributed by atoms with van der Waals surface area (Å²) < 4.78 is 6.07. The second kappa shape index (κ2) is 8.24. The summed E-state index contributed by atoms with van der Waals surface area (Å²) in [5.74, 6) is -0.0892. The van der Waals surface area contributed by atoms with Crippen molar-refractivity contribution in [1.29, 1.82) is 0 Å². The summed E-state index contributed by atoms with van der Waals surface area (Å²) in [4.78, 5) is 23.5. The molecule has 3 heterocycles. The monoisotopic (exact) mass is 374 g/mol. The van der Waals surface area contributed by atoms with Gasteiger partial charge >= 0.3 is 0 Å². The molecule has 0 saturated carbocycles. The molecule has 6 nitrogen and oxygen atoms in total. The minimum absolute atomic E-state index is 0.0892. The molecule has 1 amide bonds. The third-order valence-corrected chi connectivity index (χ3v) is 5.33. The average molecular weight is 375 g/mol. The lowest BCUT2D eigenvalue weighted by molar-refractivity contribution is -0.114. The van der Waals surface area contributed by atoms with E-state index in [0.717, 1.165) is 42.4 Å². The van der Waals surface area contributed by atoms with Crippen molar-refractivity contribution in [2.45, 2.75) is 52.8 Å². The first kappa shape index (κ1) is 18.9. The predicted octanol–water partition coefficient (Wildman–Crippen LogP) is 2.95. The third-order valence-electron chi connectivity index (χ3n) is 4.43. The van der Waals surface area contributed by atoms with Crippen LogP contribution in [0.2, 0.25) is 0 Å². The van der Waals surface area contributed by atoms with Crippen molar-refractivity contribution < 1.29 is 9.53 Å². The SMILES string of the molecule is CC(=O)Nc1ncc(CN2C[C@@H](Cc3cc(C)nc(C)c3)OC[C@@H]2C)s1. The number of anilines is 1. The van der Waals surface area contributed by atoms with Gasteiger partial charge in [0.1, 0.15) is 0 Å². The number of carbonyl (C=O) groups excluding carboxylic acids is 1. The molecule has 0 radical (unpaired) electrons. The van der Waals surface area contributed by atoms with Crippen LogP contribution < -0.4 is 5.32 Å². The van der Waals surface area contributed by atoms with Crippen LogP contribution in [0, 0.1) is 13.8 Å². The average Bonchev–Trinajstić information content (AvgIpc) is 2.96. The van der Waals surface area contributed by atoms with Gasteiger partial charge in [-0.15, -0.1) is 11.3 Å². The molecule has 0 spiro atoms. The minimum atomic E-state index is -0.0892. The lowest BCUT2D eigenvalue weighted by Gasteiger charge is -2.37. The Hall–Kier alpha value is -1.83. The Labute approximate surface area is 158 Å². The van der Waals surface area contributed by atoms with Crippen LogP contribution in [0.4, 0.5) is 5.13 Å². The maximum absolute atomic E-state index is 11.2. The summed E-state index contributed by atoms with van der Waals surface area (Å²) in [6, 6.07) is 4.64. The summed E-state index contributed by atoms with van der Waals surface area (Å²) in [5.41, 5.74) is 3.38. The smallest absolute Gasteiger partial charge is 0.223 e. The number of aryl methyl sites for hydroxylation is 2. The van der Waals surface area contributed by atoms with Gasteiger partial charge in [-0.2, -0.15) is 0 Å². The molecule has 0 bridgehead atoms. The van der Waals surface area contributed by atoms with Crippen molar-refractivity contribution in [3.05, 3.63) is 40.2 Å². The highest BCUT2D eigenvalue weighted by molar-refractivity contribution is 7.15. The lowest BCUT2D eigenvalue weighted by Crippen LogP contribution is -2.48. The third kappa shape index (κ3) is 5.09. The van der Waals surface area contributed by atoms with E-state index in [4.69, 9.17) is 4.74 Å². The van der Waals surface area contributed by atoms with E-state index in [-0.39, 0.29) is 12.0 Å². The van der Waals surface area contributed by atoms with E-state index < -0.39 is 0 Å². The molecule has 2 aromatic rings. The Morgan fingerprint density at radius 1 is 1.38 bits per heavy atom. The molecule has 140 valence electrons. The van der Waals surface area contributed by atoms with Crippen LogP contribution in [-0.2, 0) is 22.5 Å². The van der Waals surface area contributed by atoms with E-state index in [1.165, 1.54) is 23.8 Å². The normalized spacial score (nSPS) is 20.9. The molecule has 1 N–H and O–H groups in total. The van der Waals surface area contributed by atoms with Crippen molar-refractivity contribution in [2.75, 3.05) is 18.5 Å². The van der Waals surface area contributed by atoms with Crippen LogP contribution >= 0.6 is 11.3 Å². The number of amides is 1. The molecule has 7 heteroatoms. The Bertz CT molecular complexity index is 756. The molecular weight excluding hydrogens is 348 g/mol. The quantitative estimate of drug-likeness (QED) is 0.871. The first-order chi connectivity index (χ1) is 12.4. The van der Waals surface area contributed by atoms with Gasteiger partial charge in [-0.25, -0.2) is 4.98 Å². The minimum Gasteiger partial charge on any atom is -0.375 e. The molecule has 1 aliphatic rings. The number of morpholine rings is 1. The van der Waals surface area contributed by atoms with Crippen molar-refractivity contribution in [3.8, 4) is 0 Å². The molecule has 2 aromatic heterocycles. The van der Waals surface area contributed by atoms with E-state index in [9.17, 15) is 4.79 Å². The van der Waals surface area contributed by atoms with Gasteiger partial charge in [0.15, 0.2) is 5.13 Å². The zero-order valence-electron chi connectivity index (χ0n) is 15.8. The van der Waals surface area contributed by atoms with E-state index in [1.807, 2.05) is 20.0 Å². The largest absolute Gasteiger partial charge is 0.375 e. The highest BCUT2D eigenvalue weighted by Gasteiger charge is 2.27. The van der Waals surface area contributed by atoms with Crippen molar-refractivity contribution in [3.63, 3.8) is 0 Å².